The Kier molecular flexibility index (Phi) is 6.71. The largest absolute Gasteiger partial charge is 0.352 e. The Hall–Kier alpha value is -2.80. The van der Waals surface area contributed by atoms with Gasteiger partial charge in [-0.3, -0.25) is 14.5 Å². The van der Waals surface area contributed by atoms with E-state index in [0.717, 1.165) is 5.56 Å². The van der Waals surface area contributed by atoms with Crippen LogP contribution in [0.2, 0.25) is 0 Å². The van der Waals surface area contributed by atoms with Crippen molar-refractivity contribution in [3.05, 3.63) is 65.7 Å². The molecule has 0 atom stereocenters. The highest BCUT2D eigenvalue weighted by molar-refractivity contribution is 5.92. The van der Waals surface area contributed by atoms with Crippen LogP contribution in [0.15, 0.2) is 48.5 Å². The first-order valence-electron chi connectivity index (χ1n) is 9.30. The Morgan fingerprint density at radius 3 is 2.36 bits per heavy atom. The van der Waals surface area contributed by atoms with Crippen molar-refractivity contribution >= 4 is 17.5 Å². The zero-order chi connectivity index (χ0) is 19.9. The number of rotatable bonds is 6. The van der Waals surface area contributed by atoms with Gasteiger partial charge in [0.25, 0.3) is 0 Å². The zero-order valence-electron chi connectivity index (χ0n) is 15.5. The molecule has 0 aliphatic carbocycles. The van der Waals surface area contributed by atoms with E-state index >= 15 is 0 Å². The number of piperidine rings is 1. The summed E-state index contributed by atoms with van der Waals surface area (Å²) in [6.45, 7) is 1.78. The van der Waals surface area contributed by atoms with E-state index in [4.69, 9.17) is 0 Å². The molecule has 1 aliphatic rings. The lowest BCUT2D eigenvalue weighted by molar-refractivity contribution is -0.126. The van der Waals surface area contributed by atoms with Crippen LogP contribution >= 0.6 is 0 Å². The third-order valence-electron chi connectivity index (χ3n) is 4.85. The van der Waals surface area contributed by atoms with Gasteiger partial charge < -0.3 is 10.6 Å². The standard InChI is InChI=1S/C21H23F2N3O2/c22-17-7-5-15(6-8-17)13-24-21(28)16-9-11-26(12-10-16)14-20(27)25-19-4-2-1-3-18(19)23/h1-8,16H,9-14H2,(H,24,28)(H,25,27). The number of hydrogen-bond donors (Lipinski definition) is 2. The minimum atomic E-state index is -0.465. The first kappa shape index (κ1) is 19.9. The van der Waals surface area contributed by atoms with E-state index in [2.05, 4.69) is 10.6 Å². The molecule has 2 aromatic carbocycles. The van der Waals surface area contributed by atoms with E-state index in [-0.39, 0.29) is 35.8 Å². The monoisotopic (exact) mass is 387 g/mol. The van der Waals surface area contributed by atoms with Crippen LogP contribution in [-0.2, 0) is 16.1 Å². The van der Waals surface area contributed by atoms with Gasteiger partial charge >= 0.3 is 0 Å². The molecule has 148 valence electrons. The molecule has 0 unspecified atom stereocenters. The average Bonchev–Trinajstić information content (AvgIpc) is 2.69. The second-order valence-electron chi connectivity index (χ2n) is 6.92. The summed E-state index contributed by atoms with van der Waals surface area (Å²) in [5.41, 5.74) is 1.01. The Morgan fingerprint density at radius 1 is 1.00 bits per heavy atom. The van der Waals surface area contributed by atoms with Gasteiger partial charge in [0.05, 0.1) is 12.2 Å². The number of likely N-dealkylation sites (tertiary alicyclic amines) is 1. The van der Waals surface area contributed by atoms with Crippen molar-refractivity contribution in [3.8, 4) is 0 Å². The van der Waals surface area contributed by atoms with E-state index in [0.29, 0.717) is 32.5 Å². The molecule has 7 heteroatoms. The maximum absolute atomic E-state index is 13.6. The number of hydrogen-bond acceptors (Lipinski definition) is 3. The summed E-state index contributed by atoms with van der Waals surface area (Å²) in [5, 5.41) is 5.45. The van der Waals surface area contributed by atoms with Crippen LogP contribution in [0.3, 0.4) is 0 Å². The maximum atomic E-state index is 13.6. The summed E-state index contributed by atoms with van der Waals surface area (Å²) < 4.78 is 26.5. The normalized spacial score (nSPS) is 15.2. The third-order valence-corrected chi connectivity index (χ3v) is 4.85. The van der Waals surface area contributed by atoms with Gasteiger partial charge in [-0.25, -0.2) is 8.78 Å². The number of amides is 2. The van der Waals surface area contributed by atoms with Gasteiger partial charge in [-0.05, 0) is 55.8 Å². The molecule has 2 N–H and O–H groups in total. The Morgan fingerprint density at radius 2 is 1.68 bits per heavy atom. The van der Waals surface area contributed by atoms with Gasteiger partial charge in [0.1, 0.15) is 11.6 Å². The van der Waals surface area contributed by atoms with Gasteiger partial charge in [-0.2, -0.15) is 0 Å². The number of benzene rings is 2. The molecule has 0 saturated carbocycles. The molecule has 0 spiro atoms. The predicted octanol–water partition coefficient (Wildman–Crippen LogP) is 2.93. The molecule has 1 fully saturated rings. The quantitative estimate of drug-likeness (QED) is 0.801. The molecule has 0 bridgehead atoms. The lowest BCUT2D eigenvalue weighted by Crippen LogP contribution is -2.43. The summed E-state index contributed by atoms with van der Waals surface area (Å²) >= 11 is 0. The van der Waals surface area contributed by atoms with Crippen molar-refractivity contribution < 1.29 is 18.4 Å². The van der Waals surface area contributed by atoms with Crippen molar-refractivity contribution in [1.82, 2.24) is 10.2 Å². The summed E-state index contributed by atoms with van der Waals surface area (Å²) in [6, 6.07) is 12.1. The van der Waals surface area contributed by atoms with Crippen molar-refractivity contribution in [3.63, 3.8) is 0 Å². The number of carbonyl (C=O) groups is 2. The number of nitrogens with one attached hydrogen (secondary N) is 2. The summed E-state index contributed by atoms with van der Waals surface area (Å²) in [7, 11) is 0. The van der Waals surface area contributed by atoms with Crippen LogP contribution in [0, 0.1) is 17.6 Å². The van der Waals surface area contributed by atoms with Crippen molar-refractivity contribution in [2.24, 2.45) is 5.92 Å². The number of halogens is 2. The van der Waals surface area contributed by atoms with Gasteiger partial charge in [-0.1, -0.05) is 24.3 Å². The minimum Gasteiger partial charge on any atom is -0.352 e. The second kappa shape index (κ2) is 9.41. The Bertz CT molecular complexity index is 819. The fourth-order valence-electron chi connectivity index (χ4n) is 3.24. The molecule has 28 heavy (non-hydrogen) atoms. The number of anilines is 1. The fraction of sp³-hybridized carbons (Fsp3) is 0.333. The van der Waals surface area contributed by atoms with Crippen LogP contribution in [-0.4, -0.2) is 36.3 Å². The van der Waals surface area contributed by atoms with E-state index in [1.54, 1.807) is 24.3 Å². The molecule has 0 radical (unpaired) electrons. The average molecular weight is 387 g/mol. The van der Waals surface area contributed by atoms with Crippen molar-refractivity contribution in [2.45, 2.75) is 19.4 Å². The first-order chi connectivity index (χ1) is 13.5. The molecule has 1 saturated heterocycles. The van der Waals surface area contributed by atoms with Crippen LogP contribution < -0.4 is 10.6 Å². The summed E-state index contributed by atoms with van der Waals surface area (Å²) in [4.78, 5) is 26.4. The molecule has 5 nitrogen and oxygen atoms in total. The van der Waals surface area contributed by atoms with Gasteiger partial charge in [0.15, 0.2) is 0 Å². The van der Waals surface area contributed by atoms with Crippen molar-refractivity contribution in [1.29, 1.82) is 0 Å². The van der Waals surface area contributed by atoms with E-state index in [1.807, 2.05) is 4.90 Å². The van der Waals surface area contributed by atoms with Crippen LogP contribution in [0.1, 0.15) is 18.4 Å². The Labute approximate surface area is 162 Å². The van der Waals surface area contributed by atoms with E-state index < -0.39 is 5.82 Å². The zero-order valence-corrected chi connectivity index (χ0v) is 15.5. The number of nitrogens with zero attached hydrogens (tertiary/aromatic N) is 1. The van der Waals surface area contributed by atoms with Crippen LogP contribution in [0.25, 0.3) is 0 Å². The lowest BCUT2D eigenvalue weighted by Gasteiger charge is -2.30. The van der Waals surface area contributed by atoms with E-state index in [9.17, 15) is 18.4 Å². The molecule has 3 rings (SSSR count). The van der Waals surface area contributed by atoms with Gasteiger partial charge in [0.2, 0.25) is 11.8 Å². The third kappa shape index (κ3) is 5.60. The van der Waals surface area contributed by atoms with Gasteiger partial charge in [-0.15, -0.1) is 0 Å². The van der Waals surface area contributed by atoms with E-state index in [1.165, 1.54) is 24.3 Å². The highest BCUT2D eigenvalue weighted by atomic mass is 19.1. The second-order valence-corrected chi connectivity index (χ2v) is 6.92. The molecule has 0 aromatic heterocycles. The topological polar surface area (TPSA) is 61.4 Å². The van der Waals surface area contributed by atoms with Crippen LogP contribution in [0.5, 0.6) is 0 Å². The SMILES string of the molecule is O=C(CN1CCC(C(=O)NCc2ccc(F)cc2)CC1)Nc1ccccc1F. The first-order valence-corrected chi connectivity index (χ1v) is 9.30. The lowest BCUT2D eigenvalue weighted by atomic mass is 9.96. The highest BCUT2D eigenvalue weighted by Crippen LogP contribution is 2.18. The molecule has 2 aromatic rings. The highest BCUT2D eigenvalue weighted by Gasteiger charge is 2.25. The van der Waals surface area contributed by atoms with Gasteiger partial charge in [0, 0.05) is 12.5 Å². The maximum Gasteiger partial charge on any atom is 0.238 e. The molecular formula is C21H23F2N3O2. The molecular weight excluding hydrogens is 364 g/mol. The smallest absolute Gasteiger partial charge is 0.238 e. The van der Waals surface area contributed by atoms with Crippen molar-refractivity contribution in [2.75, 3.05) is 25.0 Å². The molecule has 2 amide bonds. The molecule has 1 heterocycles. The number of carbonyl (C=O) groups excluding carboxylic acids is 2. The minimum absolute atomic E-state index is 0.0280. The number of para-hydroxylation sites is 1. The summed E-state index contributed by atoms with van der Waals surface area (Å²) in [6.07, 6.45) is 1.31. The van der Waals surface area contributed by atoms with Crippen LogP contribution in [0.4, 0.5) is 14.5 Å². The molecule has 1 aliphatic heterocycles. The fourth-order valence-corrected chi connectivity index (χ4v) is 3.24. The Balaban J connectivity index is 1.40. The predicted molar refractivity (Wildman–Crippen MR) is 102 cm³/mol. The summed E-state index contributed by atoms with van der Waals surface area (Å²) in [5.74, 6) is -1.18.